The van der Waals surface area contributed by atoms with Crippen LogP contribution >= 0.6 is 46.6 Å². The standard InChI is InChI=1S/C6H4Cl2.C6H9ClO3S/c7-5-2-1-3-6(8)4-5;1-4(8)11-3-6(2,7)5(9)10/h1-4H;3H2,1-2H3,(H,9,10). The molecule has 0 aliphatic heterocycles. The Morgan fingerprint density at radius 1 is 1.32 bits per heavy atom. The molecule has 0 saturated heterocycles. The van der Waals surface area contributed by atoms with E-state index in [0.29, 0.717) is 10.0 Å². The molecule has 1 unspecified atom stereocenters. The van der Waals surface area contributed by atoms with Gasteiger partial charge < -0.3 is 5.11 Å². The number of hydrogen-bond donors (Lipinski definition) is 1. The van der Waals surface area contributed by atoms with Crippen LogP contribution in [0.25, 0.3) is 0 Å². The van der Waals surface area contributed by atoms with Crippen molar-refractivity contribution in [3.63, 3.8) is 0 Å². The van der Waals surface area contributed by atoms with Crippen molar-refractivity contribution in [1.82, 2.24) is 0 Å². The molecule has 0 saturated carbocycles. The Bertz CT molecular complexity index is 432. The number of carboxylic acids is 1. The summed E-state index contributed by atoms with van der Waals surface area (Å²) >= 11 is 17.6. The van der Waals surface area contributed by atoms with E-state index in [1.54, 1.807) is 18.2 Å². The lowest BCUT2D eigenvalue weighted by Crippen LogP contribution is -2.31. The summed E-state index contributed by atoms with van der Waals surface area (Å²) in [5.74, 6) is -1.01. The molecular formula is C12H13Cl3O3S. The Balaban J connectivity index is 0.000000356. The van der Waals surface area contributed by atoms with Crippen LogP contribution in [0.1, 0.15) is 13.8 Å². The summed E-state index contributed by atoms with van der Waals surface area (Å²) in [7, 11) is 0. The third-order valence-electron chi connectivity index (χ3n) is 1.78. The summed E-state index contributed by atoms with van der Waals surface area (Å²) in [5, 5.41) is 9.73. The van der Waals surface area contributed by atoms with E-state index >= 15 is 0 Å². The number of halogens is 3. The number of aliphatic carboxylic acids is 1. The molecule has 0 fully saturated rings. The van der Waals surface area contributed by atoms with Crippen LogP contribution in [0.2, 0.25) is 10.0 Å². The predicted octanol–water partition coefficient (Wildman–Crippen LogP) is 4.34. The van der Waals surface area contributed by atoms with Crippen LogP contribution in [0, 0.1) is 0 Å². The minimum atomic E-state index is -1.34. The number of hydrogen-bond acceptors (Lipinski definition) is 3. The Kier molecular flexibility index (Phi) is 8.50. The molecule has 1 aromatic rings. The summed E-state index contributed by atoms with van der Waals surface area (Å²) in [5.41, 5.74) is 0. The van der Waals surface area contributed by atoms with E-state index in [1.807, 2.05) is 6.07 Å². The van der Waals surface area contributed by atoms with E-state index in [2.05, 4.69) is 0 Å². The van der Waals surface area contributed by atoms with E-state index in [1.165, 1.54) is 13.8 Å². The number of alkyl halides is 1. The highest BCUT2D eigenvalue weighted by Crippen LogP contribution is 2.21. The molecule has 1 atom stereocenters. The maximum absolute atomic E-state index is 10.4. The molecule has 3 nitrogen and oxygen atoms in total. The quantitative estimate of drug-likeness (QED) is 0.829. The van der Waals surface area contributed by atoms with Crippen LogP contribution in [0.4, 0.5) is 0 Å². The first-order valence-corrected chi connectivity index (χ1v) is 7.24. The third-order valence-corrected chi connectivity index (χ3v) is 3.83. The molecule has 0 bridgehead atoms. The molecular weight excluding hydrogens is 331 g/mol. The minimum absolute atomic E-state index is 0.0965. The van der Waals surface area contributed by atoms with Gasteiger partial charge in [0.05, 0.1) is 0 Å². The SMILES string of the molecule is CC(=O)SCC(C)(Cl)C(=O)O.Clc1cccc(Cl)c1. The van der Waals surface area contributed by atoms with Crippen molar-refractivity contribution in [2.24, 2.45) is 0 Å². The number of thioether (sulfide) groups is 1. The van der Waals surface area contributed by atoms with Gasteiger partial charge in [0.15, 0.2) is 5.12 Å². The molecule has 1 N–H and O–H groups in total. The molecule has 0 aliphatic carbocycles. The van der Waals surface area contributed by atoms with Gasteiger partial charge in [-0.3, -0.25) is 9.59 Å². The lowest BCUT2D eigenvalue weighted by atomic mass is 10.2. The first kappa shape index (κ1) is 18.6. The van der Waals surface area contributed by atoms with Gasteiger partial charge in [0.25, 0.3) is 0 Å². The number of benzene rings is 1. The van der Waals surface area contributed by atoms with Crippen molar-refractivity contribution >= 4 is 57.6 Å². The summed E-state index contributed by atoms with van der Waals surface area (Å²) < 4.78 is 0. The van der Waals surface area contributed by atoms with E-state index in [-0.39, 0.29) is 10.9 Å². The van der Waals surface area contributed by atoms with Crippen LogP contribution in [0.15, 0.2) is 24.3 Å². The van der Waals surface area contributed by atoms with Crippen LogP contribution < -0.4 is 0 Å². The fourth-order valence-electron chi connectivity index (χ4n) is 0.759. The van der Waals surface area contributed by atoms with Gasteiger partial charge in [-0.05, 0) is 25.1 Å². The zero-order valence-corrected chi connectivity index (χ0v) is 13.4. The first-order chi connectivity index (χ1) is 8.65. The lowest BCUT2D eigenvalue weighted by Gasteiger charge is -2.13. The molecule has 0 aliphatic rings. The summed E-state index contributed by atoms with van der Waals surface area (Å²) in [4.78, 5) is 19.5. The minimum Gasteiger partial charge on any atom is -0.480 e. The van der Waals surface area contributed by atoms with Crippen molar-refractivity contribution < 1.29 is 14.7 Å². The highest BCUT2D eigenvalue weighted by Gasteiger charge is 2.30. The smallest absolute Gasteiger partial charge is 0.325 e. The third kappa shape index (κ3) is 9.16. The molecule has 0 amide bonds. The Labute approximate surface area is 131 Å². The van der Waals surface area contributed by atoms with Crippen LogP contribution in [-0.2, 0) is 9.59 Å². The maximum atomic E-state index is 10.4. The van der Waals surface area contributed by atoms with Crippen LogP contribution in [-0.4, -0.2) is 26.8 Å². The van der Waals surface area contributed by atoms with Gasteiger partial charge in [-0.15, -0.1) is 11.6 Å². The zero-order valence-electron chi connectivity index (χ0n) is 10.3. The van der Waals surface area contributed by atoms with Crippen molar-refractivity contribution in [3.05, 3.63) is 34.3 Å². The molecule has 1 aromatic carbocycles. The summed E-state index contributed by atoms with van der Waals surface area (Å²) in [6, 6.07) is 7.08. The molecule has 0 heterocycles. The van der Waals surface area contributed by atoms with Crippen molar-refractivity contribution in [1.29, 1.82) is 0 Å². The zero-order chi connectivity index (χ0) is 15.1. The average molecular weight is 344 g/mol. The molecule has 1 rings (SSSR count). The molecule has 7 heteroatoms. The second kappa shape index (κ2) is 8.69. The Hall–Kier alpha value is -0.420. The second-order valence-corrected chi connectivity index (χ2v) is 6.58. The first-order valence-electron chi connectivity index (χ1n) is 5.12. The second-order valence-electron chi connectivity index (χ2n) is 3.72. The fourth-order valence-corrected chi connectivity index (χ4v) is 1.96. The van der Waals surface area contributed by atoms with Crippen LogP contribution in [0.3, 0.4) is 0 Å². The number of carbonyl (C=O) groups is 2. The van der Waals surface area contributed by atoms with Gasteiger partial charge >= 0.3 is 5.97 Å². The van der Waals surface area contributed by atoms with Gasteiger partial charge in [-0.1, -0.05) is 41.0 Å². The Morgan fingerprint density at radius 2 is 1.79 bits per heavy atom. The van der Waals surface area contributed by atoms with E-state index < -0.39 is 10.8 Å². The largest absolute Gasteiger partial charge is 0.480 e. The average Bonchev–Trinajstić information content (AvgIpc) is 2.27. The molecule has 0 spiro atoms. The molecule has 0 radical (unpaired) electrons. The van der Waals surface area contributed by atoms with Crippen molar-refractivity contribution in [2.45, 2.75) is 18.7 Å². The summed E-state index contributed by atoms with van der Waals surface area (Å²) in [6.45, 7) is 2.74. The monoisotopic (exact) mass is 342 g/mol. The number of carbonyl (C=O) groups excluding carboxylic acids is 1. The van der Waals surface area contributed by atoms with Crippen molar-refractivity contribution in [3.8, 4) is 0 Å². The fraction of sp³-hybridized carbons (Fsp3) is 0.333. The van der Waals surface area contributed by atoms with Gasteiger partial charge in [0.1, 0.15) is 4.87 Å². The van der Waals surface area contributed by atoms with E-state index in [0.717, 1.165) is 11.8 Å². The van der Waals surface area contributed by atoms with Gasteiger partial charge in [-0.2, -0.15) is 0 Å². The van der Waals surface area contributed by atoms with Gasteiger partial charge in [-0.25, -0.2) is 0 Å². The molecule has 0 aromatic heterocycles. The highest BCUT2D eigenvalue weighted by atomic mass is 35.5. The normalized spacial score (nSPS) is 12.9. The number of rotatable bonds is 3. The highest BCUT2D eigenvalue weighted by molar-refractivity contribution is 8.13. The number of carboxylic acid groups (broad SMARTS) is 1. The van der Waals surface area contributed by atoms with Crippen LogP contribution in [0.5, 0.6) is 0 Å². The van der Waals surface area contributed by atoms with Gasteiger partial charge in [0.2, 0.25) is 0 Å². The Morgan fingerprint density at radius 3 is 2.05 bits per heavy atom. The molecule has 19 heavy (non-hydrogen) atoms. The molecule has 106 valence electrons. The van der Waals surface area contributed by atoms with Gasteiger partial charge in [0, 0.05) is 22.7 Å². The lowest BCUT2D eigenvalue weighted by molar-refractivity contribution is -0.139. The van der Waals surface area contributed by atoms with Crippen molar-refractivity contribution in [2.75, 3.05) is 5.75 Å². The predicted molar refractivity (Wildman–Crippen MR) is 81.5 cm³/mol. The summed E-state index contributed by atoms with van der Waals surface area (Å²) in [6.07, 6.45) is 0. The van der Waals surface area contributed by atoms with E-state index in [9.17, 15) is 9.59 Å². The topological polar surface area (TPSA) is 54.4 Å². The van der Waals surface area contributed by atoms with E-state index in [4.69, 9.17) is 39.9 Å². The maximum Gasteiger partial charge on any atom is 0.325 e.